The fourth-order valence-electron chi connectivity index (χ4n) is 2.25. The van der Waals surface area contributed by atoms with Crippen LogP contribution in [0.25, 0.3) is 0 Å². The van der Waals surface area contributed by atoms with Gasteiger partial charge in [0.05, 0.1) is 12.1 Å². The van der Waals surface area contributed by atoms with Crippen LogP contribution in [-0.2, 0) is 11.3 Å². The average molecular weight is 357 g/mol. The zero-order valence-corrected chi connectivity index (χ0v) is 15.1. The maximum absolute atomic E-state index is 12.1. The third kappa shape index (κ3) is 5.29. The molecule has 2 aromatic rings. The summed E-state index contributed by atoms with van der Waals surface area (Å²) in [5.74, 6) is -0.649. The second-order valence-corrected chi connectivity index (χ2v) is 6.79. The molecule has 0 aliphatic rings. The van der Waals surface area contributed by atoms with Gasteiger partial charge in [-0.2, -0.15) is 0 Å². The van der Waals surface area contributed by atoms with Crippen LogP contribution in [0.15, 0.2) is 47.4 Å². The molecule has 0 atom stereocenters. The van der Waals surface area contributed by atoms with Crippen LogP contribution in [0.2, 0.25) is 0 Å². The Kier molecular flexibility index (Phi) is 5.94. The molecule has 2 amide bonds. The largest absolute Gasteiger partial charge is 0.394 e. The van der Waals surface area contributed by atoms with Gasteiger partial charge in [0, 0.05) is 23.5 Å². The summed E-state index contributed by atoms with van der Waals surface area (Å²) in [4.78, 5) is 36.0. The highest BCUT2D eigenvalue weighted by Gasteiger charge is 2.19. The maximum atomic E-state index is 12.1. The molecule has 26 heavy (non-hydrogen) atoms. The topological polar surface area (TPSA) is 100 Å². The predicted molar refractivity (Wildman–Crippen MR) is 99.1 cm³/mol. The van der Waals surface area contributed by atoms with Gasteiger partial charge in [-0.15, -0.1) is 0 Å². The molecule has 2 rings (SSSR count). The minimum absolute atomic E-state index is 0.0898. The van der Waals surface area contributed by atoms with Gasteiger partial charge in [0.15, 0.2) is 0 Å². The molecule has 0 spiro atoms. The lowest BCUT2D eigenvalue weighted by atomic mass is 10.1. The Labute approximate surface area is 151 Å². The summed E-state index contributed by atoms with van der Waals surface area (Å²) in [6, 6.07) is 9.49. The maximum Gasteiger partial charge on any atom is 0.251 e. The highest BCUT2D eigenvalue weighted by Crippen LogP contribution is 2.11. The fourth-order valence-corrected chi connectivity index (χ4v) is 2.25. The molecule has 3 N–H and O–H groups in total. The highest BCUT2D eigenvalue weighted by molar-refractivity contribution is 5.96. The Bertz CT molecular complexity index is 854. The second-order valence-electron chi connectivity index (χ2n) is 6.79. The number of amides is 2. The van der Waals surface area contributed by atoms with Crippen LogP contribution in [0, 0.1) is 6.92 Å². The van der Waals surface area contributed by atoms with Gasteiger partial charge >= 0.3 is 0 Å². The number of carbonyl (C=O) groups is 2. The first-order valence-electron chi connectivity index (χ1n) is 8.20. The number of hydrogen-bond donors (Lipinski definition) is 3. The SMILES string of the molecule is Cc1ccc(=O)n(CC(=O)Nc2ccc(C(=O)NC(C)(C)CO)cc2)c1. The minimum atomic E-state index is -0.717. The number of nitrogens with one attached hydrogen (secondary N) is 2. The lowest BCUT2D eigenvalue weighted by Gasteiger charge is -2.23. The van der Waals surface area contributed by atoms with Crippen LogP contribution >= 0.6 is 0 Å². The third-order valence-electron chi connectivity index (χ3n) is 3.72. The summed E-state index contributed by atoms with van der Waals surface area (Å²) in [6.45, 7) is 5.01. The number of aliphatic hydroxyl groups is 1. The van der Waals surface area contributed by atoms with Crippen molar-refractivity contribution < 1.29 is 14.7 Å². The zero-order chi connectivity index (χ0) is 19.3. The van der Waals surface area contributed by atoms with Gasteiger partial charge < -0.3 is 20.3 Å². The van der Waals surface area contributed by atoms with E-state index in [0.717, 1.165) is 5.56 Å². The van der Waals surface area contributed by atoms with Crippen molar-refractivity contribution >= 4 is 17.5 Å². The van der Waals surface area contributed by atoms with E-state index in [-0.39, 0.29) is 30.5 Å². The number of carbonyl (C=O) groups excluding carboxylic acids is 2. The van der Waals surface area contributed by atoms with Crippen LogP contribution in [-0.4, -0.2) is 33.6 Å². The van der Waals surface area contributed by atoms with Crippen LogP contribution < -0.4 is 16.2 Å². The van der Waals surface area contributed by atoms with Gasteiger partial charge in [-0.3, -0.25) is 14.4 Å². The summed E-state index contributed by atoms with van der Waals surface area (Å²) in [6.07, 6.45) is 1.62. The molecule has 1 heterocycles. The van der Waals surface area contributed by atoms with Crippen LogP contribution in [0.5, 0.6) is 0 Å². The number of rotatable bonds is 6. The van der Waals surface area contributed by atoms with E-state index in [2.05, 4.69) is 10.6 Å². The Balaban J connectivity index is 2.00. The molecule has 0 aliphatic carbocycles. The van der Waals surface area contributed by atoms with Crippen LogP contribution in [0.4, 0.5) is 5.69 Å². The summed E-state index contributed by atoms with van der Waals surface area (Å²) in [5.41, 5.74) is 0.862. The number of aliphatic hydroxyl groups excluding tert-OH is 1. The highest BCUT2D eigenvalue weighted by atomic mass is 16.3. The molecule has 0 saturated carbocycles. The minimum Gasteiger partial charge on any atom is -0.394 e. The molecule has 0 unspecified atom stereocenters. The van der Waals surface area contributed by atoms with Crippen molar-refractivity contribution in [1.29, 1.82) is 0 Å². The molecule has 138 valence electrons. The molecule has 0 saturated heterocycles. The number of aromatic nitrogens is 1. The van der Waals surface area contributed by atoms with E-state index in [1.807, 2.05) is 6.92 Å². The number of benzene rings is 1. The summed E-state index contributed by atoms with van der Waals surface area (Å²) in [7, 11) is 0. The molecular weight excluding hydrogens is 334 g/mol. The van der Waals surface area contributed by atoms with E-state index in [1.54, 1.807) is 50.4 Å². The first kappa shape index (κ1) is 19.4. The summed E-state index contributed by atoms with van der Waals surface area (Å²) >= 11 is 0. The van der Waals surface area contributed by atoms with Crippen molar-refractivity contribution in [2.45, 2.75) is 32.9 Å². The van der Waals surface area contributed by atoms with Crippen LogP contribution in [0.3, 0.4) is 0 Å². The van der Waals surface area contributed by atoms with Gasteiger partial charge in [0.1, 0.15) is 6.54 Å². The summed E-state index contributed by atoms with van der Waals surface area (Å²) in [5, 5.41) is 14.6. The smallest absolute Gasteiger partial charge is 0.251 e. The lowest BCUT2D eigenvalue weighted by molar-refractivity contribution is -0.116. The Hall–Kier alpha value is -2.93. The quantitative estimate of drug-likeness (QED) is 0.725. The normalized spacial score (nSPS) is 11.1. The molecule has 0 radical (unpaired) electrons. The van der Waals surface area contributed by atoms with Crippen molar-refractivity contribution in [1.82, 2.24) is 9.88 Å². The lowest BCUT2D eigenvalue weighted by Crippen LogP contribution is -2.46. The summed E-state index contributed by atoms with van der Waals surface area (Å²) < 4.78 is 1.34. The Morgan fingerprint density at radius 3 is 2.38 bits per heavy atom. The molecule has 1 aromatic carbocycles. The van der Waals surface area contributed by atoms with Crippen molar-refractivity contribution in [2.24, 2.45) is 0 Å². The van der Waals surface area contributed by atoms with E-state index < -0.39 is 5.54 Å². The zero-order valence-electron chi connectivity index (χ0n) is 15.1. The van der Waals surface area contributed by atoms with Crippen molar-refractivity contribution in [3.05, 3.63) is 64.1 Å². The standard InChI is InChI=1S/C19H23N3O4/c1-13-4-9-17(25)22(10-13)11-16(24)20-15-7-5-14(6-8-15)18(26)21-19(2,3)12-23/h4-10,23H,11-12H2,1-3H3,(H,20,24)(H,21,26). The van der Waals surface area contributed by atoms with Gasteiger partial charge in [-0.25, -0.2) is 0 Å². The molecular formula is C19H23N3O4. The van der Waals surface area contributed by atoms with E-state index in [4.69, 9.17) is 0 Å². The van der Waals surface area contributed by atoms with Gasteiger partial charge in [0.2, 0.25) is 5.91 Å². The molecule has 0 aliphatic heterocycles. The van der Waals surface area contributed by atoms with E-state index >= 15 is 0 Å². The van der Waals surface area contributed by atoms with Crippen molar-refractivity contribution in [3.8, 4) is 0 Å². The van der Waals surface area contributed by atoms with Crippen molar-refractivity contribution in [3.63, 3.8) is 0 Å². The Morgan fingerprint density at radius 1 is 1.12 bits per heavy atom. The van der Waals surface area contributed by atoms with E-state index in [1.165, 1.54) is 10.6 Å². The van der Waals surface area contributed by atoms with Gasteiger partial charge in [0.25, 0.3) is 11.5 Å². The van der Waals surface area contributed by atoms with Gasteiger partial charge in [-0.05, 0) is 50.6 Å². The van der Waals surface area contributed by atoms with E-state index in [0.29, 0.717) is 11.3 Å². The molecule has 7 heteroatoms. The number of anilines is 1. The molecule has 0 fully saturated rings. The van der Waals surface area contributed by atoms with Crippen LogP contribution in [0.1, 0.15) is 29.8 Å². The number of nitrogens with zero attached hydrogens (tertiary/aromatic N) is 1. The molecule has 7 nitrogen and oxygen atoms in total. The molecule has 1 aromatic heterocycles. The predicted octanol–water partition coefficient (Wildman–Crippen LogP) is 1.30. The number of aryl methyl sites for hydroxylation is 1. The average Bonchev–Trinajstić information content (AvgIpc) is 2.58. The monoisotopic (exact) mass is 357 g/mol. The Morgan fingerprint density at radius 2 is 1.77 bits per heavy atom. The van der Waals surface area contributed by atoms with Gasteiger partial charge in [-0.1, -0.05) is 6.07 Å². The first-order chi connectivity index (χ1) is 12.2. The number of pyridine rings is 1. The number of hydrogen-bond acceptors (Lipinski definition) is 4. The second kappa shape index (κ2) is 7.97. The van der Waals surface area contributed by atoms with Crippen molar-refractivity contribution in [2.75, 3.05) is 11.9 Å². The van der Waals surface area contributed by atoms with E-state index in [9.17, 15) is 19.5 Å². The first-order valence-corrected chi connectivity index (χ1v) is 8.20. The molecule has 0 bridgehead atoms. The fraction of sp³-hybridized carbons (Fsp3) is 0.316. The third-order valence-corrected chi connectivity index (χ3v) is 3.72.